The summed E-state index contributed by atoms with van der Waals surface area (Å²) >= 11 is 0. The number of nitrogens with one attached hydrogen (secondary N) is 1. The molecule has 1 aromatic rings. The van der Waals surface area contributed by atoms with E-state index in [0.717, 1.165) is 6.54 Å². The van der Waals surface area contributed by atoms with E-state index in [1.807, 2.05) is 0 Å². The highest BCUT2D eigenvalue weighted by atomic mass is 15.2. The van der Waals surface area contributed by atoms with Gasteiger partial charge in [0.25, 0.3) is 0 Å². The number of hydrogen-bond donors (Lipinski definition) is 1. The molecule has 2 rings (SSSR count). The topological polar surface area (TPSA) is 15.3 Å². The maximum Gasteiger partial charge on any atom is 0.0107 e. The van der Waals surface area contributed by atoms with Crippen molar-refractivity contribution < 1.29 is 0 Å². The van der Waals surface area contributed by atoms with Crippen LogP contribution >= 0.6 is 0 Å². The first-order valence-corrected chi connectivity index (χ1v) is 8.09. The van der Waals surface area contributed by atoms with Crippen molar-refractivity contribution >= 4 is 0 Å². The van der Waals surface area contributed by atoms with Crippen molar-refractivity contribution in [1.82, 2.24) is 10.2 Å². The van der Waals surface area contributed by atoms with E-state index in [-0.39, 0.29) is 5.41 Å². The Kier molecular flexibility index (Phi) is 5.62. The molecule has 1 aromatic carbocycles. The molecule has 20 heavy (non-hydrogen) atoms. The summed E-state index contributed by atoms with van der Waals surface area (Å²) in [6, 6.07) is 11.4. The lowest BCUT2D eigenvalue weighted by atomic mass is 9.79. The molecule has 1 N–H and O–H groups in total. The predicted octanol–water partition coefficient (Wildman–Crippen LogP) is 3.43. The third-order valence-corrected chi connectivity index (χ3v) is 4.49. The Bertz CT molecular complexity index is 380. The normalized spacial score (nSPS) is 18.4. The van der Waals surface area contributed by atoms with E-state index in [9.17, 15) is 0 Å². The highest BCUT2D eigenvalue weighted by molar-refractivity contribution is 5.23. The van der Waals surface area contributed by atoms with Crippen molar-refractivity contribution in [2.24, 2.45) is 0 Å². The average Bonchev–Trinajstić information content (AvgIpc) is 2.92. The van der Waals surface area contributed by atoms with E-state index in [1.165, 1.54) is 44.5 Å². The van der Waals surface area contributed by atoms with Gasteiger partial charge in [-0.15, -0.1) is 0 Å². The van der Waals surface area contributed by atoms with Crippen LogP contribution in [0.1, 0.15) is 45.6 Å². The Morgan fingerprint density at radius 2 is 1.80 bits per heavy atom. The van der Waals surface area contributed by atoms with Gasteiger partial charge in [0.05, 0.1) is 0 Å². The molecule has 0 spiro atoms. The standard InChI is InChI=1S/C18H30N2/c1-16(19-11-14-20-12-7-8-13-20)15-18(2,3)17-9-5-4-6-10-17/h4-6,9-10,16,19H,7-8,11-15H2,1-3H3. The van der Waals surface area contributed by atoms with Crippen molar-refractivity contribution in [3.63, 3.8) is 0 Å². The monoisotopic (exact) mass is 274 g/mol. The summed E-state index contributed by atoms with van der Waals surface area (Å²) in [5.41, 5.74) is 1.68. The second-order valence-corrected chi connectivity index (χ2v) is 6.86. The molecular formula is C18H30N2. The summed E-state index contributed by atoms with van der Waals surface area (Å²) in [7, 11) is 0. The summed E-state index contributed by atoms with van der Waals surface area (Å²) in [5.74, 6) is 0. The Morgan fingerprint density at radius 1 is 1.15 bits per heavy atom. The molecule has 1 atom stereocenters. The first-order chi connectivity index (χ1) is 9.58. The van der Waals surface area contributed by atoms with E-state index in [1.54, 1.807) is 0 Å². The summed E-state index contributed by atoms with van der Waals surface area (Å²) in [5, 5.41) is 3.69. The van der Waals surface area contributed by atoms with Gasteiger partial charge in [-0.05, 0) is 50.3 Å². The number of rotatable bonds is 7. The minimum absolute atomic E-state index is 0.237. The molecule has 2 nitrogen and oxygen atoms in total. The molecule has 0 saturated carbocycles. The fourth-order valence-corrected chi connectivity index (χ4v) is 3.32. The quantitative estimate of drug-likeness (QED) is 0.819. The minimum Gasteiger partial charge on any atom is -0.313 e. The largest absolute Gasteiger partial charge is 0.313 e. The van der Waals surface area contributed by atoms with Gasteiger partial charge in [0.2, 0.25) is 0 Å². The van der Waals surface area contributed by atoms with Gasteiger partial charge >= 0.3 is 0 Å². The zero-order valence-electron chi connectivity index (χ0n) is 13.4. The maximum atomic E-state index is 3.69. The van der Waals surface area contributed by atoms with Crippen molar-refractivity contribution in [2.45, 2.75) is 51.5 Å². The second-order valence-electron chi connectivity index (χ2n) is 6.86. The summed E-state index contributed by atoms with van der Waals surface area (Å²) in [6.45, 7) is 11.9. The lowest BCUT2D eigenvalue weighted by molar-refractivity contribution is 0.316. The molecule has 1 unspecified atom stereocenters. The number of benzene rings is 1. The van der Waals surface area contributed by atoms with E-state index in [0.29, 0.717) is 6.04 Å². The van der Waals surface area contributed by atoms with Crippen LogP contribution in [0, 0.1) is 0 Å². The molecule has 112 valence electrons. The highest BCUT2D eigenvalue weighted by Gasteiger charge is 2.23. The molecule has 1 saturated heterocycles. The van der Waals surface area contributed by atoms with Crippen molar-refractivity contribution in [1.29, 1.82) is 0 Å². The molecule has 1 aliphatic heterocycles. The number of hydrogen-bond acceptors (Lipinski definition) is 2. The lowest BCUT2D eigenvalue weighted by Crippen LogP contribution is -2.38. The van der Waals surface area contributed by atoms with Crippen molar-refractivity contribution in [3.8, 4) is 0 Å². The molecule has 0 amide bonds. The second kappa shape index (κ2) is 7.24. The SMILES string of the molecule is CC(CC(C)(C)c1ccccc1)NCCN1CCCC1. The fraction of sp³-hybridized carbons (Fsp3) is 0.667. The average molecular weight is 274 g/mol. The zero-order chi connectivity index (χ0) is 14.4. The Balaban J connectivity index is 1.74. The summed E-state index contributed by atoms with van der Waals surface area (Å²) < 4.78 is 0. The Hall–Kier alpha value is -0.860. The van der Waals surface area contributed by atoms with Gasteiger partial charge < -0.3 is 10.2 Å². The van der Waals surface area contributed by atoms with Crippen LogP contribution in [0.5, 0.6) is 0 Å². The molecular weight excluding hydrogens is 244 g/mol. The van der Waals surface area contributed by atoms with Gasteiger partial charge in [0.1, 0.15) is 0 Å². The first-order valence-electron chi connectivity index (χ1n) is 8.09. The van der Waals surface area contributed by atoms with Gasteiger partial charge in [-0.1, -0.05) is 44.2 Å². The van der Waals surface area contributed by atoms with Crippen LogP contribution in [0.25, 0.3) is 0 Å². The molecule has 2 heteroatoms. The van der Waals surface area contributed by atoms with Gasteiger partial charge in [-0.2, -0.15) is 0 Å². The van der Waals surface area contributed by atoms with E-state index < -0.39 is 0 Å². The molecule has 0 radical (unpaired) electrons. The van der Waals surface area contributed by atoms with Crippen LogP contribution in [0.2, 0.25) is 0 Å². The Labute approximate surface area is 124 Å². The van der Waals surface area contributed by atoms with Crippen LogP contribution in [0.3, 0.4) is 0 Å². The number of nitrogens with zero attached hydrogens (tertiary/aromatic N) is 1. The zero-order valence-corrected chi connectivity index (χ0v) is 13.4. The van der Waals surface area contributed by atoms with Crippen molar-refractivity contribution in [2.75, 3.05) is 26.2 Å². The van der Waals surface area contributed by atoms with Crippen LogP contribution in [-0.2, 0) is 5.41 Å². The van der Waals surface area contributed by atoms with Crippen molar-refractivity contribution in [3.05, 3.63) is 35.9 Å². The smallest absolute Gasteiger partial charge is 0.0107 e. The fourth-order valence-electron chi connectivity index (χ4n) is 3.32. The van der Waals surface area contributed by atoms with Crippen LogP contribution in [-0.4, -0.2) is 37.1 Å². The highest BCUT2D eigenvalue weighted by Crippen LogP contribution is 2.28. The van der Waals surface area contributed by atoms with Gasteiger partial charge in [-0.3, -0.25) is 0 Å². The molecule has 1 heterocycles. The van der Waals surface area contributed by atoms with Gasteiger partial charge in [-0.25, -0.2) is 0 Å². The third kappa shape index (κ3) is 4.60. The predicted molar refractivity (Wildman–Crippen MR) is 87.2 cm³/mol. The van der Waals surface area contributed by atoms with Crippen LogP contribution in [0.15, 0.2) is 30.3 Å². The molecule has 1 fully saturated rings. The summed E-state index contributed by atoms with van der Waals surface area (Å²) in [6.07, 6.45) is 3.95. The lowest BCUT2D eigenvalue weighted by Gasteiger charge is -2.29. The van der Waals surface area contributed by atoms with Gasteiger partial charge in [0.15, 0.2) is 0 Å². The number of likely N-dealkylation sites (tertiary alicyclic amines) is 1. The molecule has 0 aromatic heterocycles. The maximum absolute atomic E-state index is 3.69. The summed E-state index contributed by atoms with van der Waals surface area (Å²) in [4.78, 5) is 2.57. The third-order valence-electron chi connectivity index (χ3n) is 4.49. The molecule has 0 bridgehead atoms. The van der Waals surface area contributed by atoms with Crippen LogP contribution < -0.4 is 5.32 Å². The minimum atomic E-state index is 0.237. The van der Waals surface area contributed by atoms with Crippen LogP contribution in [0.4, 0.5) is 0 Å². The van der Waals surface area contributed by atoms with Gasteiger partial charge in [0, 0.05) is 19.1 Å². The van der Waals surface area contributed by atoms with E-state index in [2.05, 4.69) is 61.3 Å². The Morgan fingerprint density at radius 3 is 2.45 bits per heavy atom. The van der Waals surface area contributed by atoms with E-state index >= 15 is 0 Å². The molecule has 0 aliphatic carbocycles. The van der Waals surface area contributed by atoms with E-state index in [4.69, 9.17) is 0 Å². The molecule has 1 aliphatic rings. The first kappa shape index (κ1) is 15.5.